The van der Waals surface area contributed by atoms with Crippen LogP contribution < -0.4 is 0 Å². The summed E-state index contributed by atoms with van der Waals surface area (Å²) in [6.07, 6.45) is 6.10. The van der Waals surface area contributed by atoms with Crippen LogP contribution in [0.5, 0.6) is 0 Å². The maximum Gasteiger partial charge on any atom is 0.203 e. The Bertz CT molecular complexity index is 410. The molecule has 1 fully saturated rings. The number of nitriles is 1. The molecule has 17 heavy (non-hydrogen) atoms. The zero-order chi connectivity index (χ0) is 12.3. The maximum absolute atomic E-state index is 8.72. The van der Waals surface area contributed by atoms with E-state index in [-0.39, 0.29) is 0 Å². The minimum Gasteiger partial charge on any atom is -0.449 e. The van der Waals surface area contributed by atoms with Crippen molar-refractivity contribution < 1.29 is 4.42 Å². The monoisotopic (exact) mass is 250 g/mol. The number of furan rings is 1. The predicted molar refractivity (Wildman–Crippen MR) is 69.8 cm³/mol. The molecule has 0 unspecified atom stereocenters. The Hall–Kier alpha value is -0.920. The Balaban J connectivity index is 1.96. The van der Waals surface area contributed by atoms with E-state index in [0.717, 1.165) is 17.6 Å². The molecule has 0 bridgehead atoms. The number of nitrogens with zero attached hydrogens (tertiary/aromatic N) is 2. The Morgan fingerprint density at radius 2 is 2.35 bits per heavy atom. The molecule has 2 atom stereocenters. The smallest absolute Gasteiger partial charge is 0.203 e. The van der Waals surface area contributed by atoms with Gasteiger partial charge in [-0.15, -0.1) is 0 Å². The zero-order valence-corrected chi connectivity index (χ0v) is 11.2. The summed E-state index contributed by atoms with van der Waals surface area (Å²) in [7, 11) is 2.15. The SMILES string of the molecule is CS[C@@H]1CCC[C@H]1N(C)Cc1ccc(C#N)o1. The minimum atomic E-state index is 0.404. The first-order chi connectivity index (χ1) is 8.24. The minimum absolute atomic E-state index is 0.404. The summed E-state index contributed by atoms with van der Waals surface area (Å²) in [5.74, 6) is 1.29. The number of rotatable bonds is 4. The molecular weight excluding hydrogens is 232 g/mol. The van der Waals surface area contributed by atoms with Crippen molar-refractivity contribution in [1.29, 1.82) is 5.26 Å². The van der Waals surface area contributed by atoms with Crippen molar-refractivity contribution in [1.82, 2.24) is 4.90 Å². The normalized spacial score (nSPS) is 24.1. The molecule has 1 aliphatic carbocycles. The largest absolute Gasteiger partial charge is 0.449 e. The van der Waals surface area contributed by atoms with Crippen molar-refractivity contribution in [3.05, 3.63) is 23.7 Å². The maximum atomic E-state index is 8.72. The summed E-state index contributed by atoms with van der Waals surface area (Å²) < 4.78 is 5.42. The van der Waals surface area contributed by atoms with E-state index in [1.54, 1.807) is 6.07 Å². The molecule has 1 saturated carbocycles. The Morgan fingerprint density at radius 3 is 3.00 bits per heavy atom. The molecule has 1 aromatic heterocycles. The van der Waals surface area contributed by atoms with Gasteiger partial charge in [0.25, 0.3) is 0 Å². The van der Waals surface area contributed by atoms with Gasteiger partial charge in [0.05, 0.1) is 6.54 Å². The highest BCUT2D eigenvalue weighted by Gasteiger charge is 2.29. The number of thioether (sulfide) groups is 1. The summed E-state index contributed by atoms with van der Waals surface area (Å²) in [6, 6.07) is 6.30. The van der Waals surface area contributed by atoms with Crippen molar-refractivity contribution in [3.63, 3.8) is 0 Å². The lowest BCUT2D eigenvalue weighted by Crippen LogP contribution is -2.35. The standard InChI is InChI=1S/C13H18N2OS/c1-15(12-4-3-5-13(12)17-2)9-11-7-6-10(8-14)16-11/h6-7,12-13H,3-5,9H2,1-2H3/t12-,13-/m1/s1. The average Bonchev–Trinajstić information content (AvgIpc) is 2.96. The van der Waals surface area contributed by atoms with Gasteiger partial charge >= 0.3 is 0 Å². The summed E-state index contributed by atoms with van der Waals surface area (Å²) in [4.78, 5) is 2.36. The van der Waals surface area contributed by atoms with Crippen molar-refractivity contribution in [2.75, 3.05) is 13.3 Å². The van der Waals surface area contributed by atoms with Gasteiger partial charge in [-0.25, -0.2) is 0 Å². The van der Waals surface area contributed by atoms with Crippen LogP contribution in [0.2, 0.25) is 0 Å². The lowest BCUT2D eigenvalue weighted by molar-refractivity contribution is 0.222. The molecule has 0 saturated heterocycles. The van der Waals surface area contributed by atoms with E-state index in [4.69, 9.17) is 9.68 Å². The van der Waals surface area contributed by atoms with Gasteiger partial charge in [-0.3, -0.25) is 4.90 Å². The van der Waals surface area contributed by atoms with Crippen LogP contribution in [0.4, 0.5) is 0 Å². The van der Waals surface area contributed by atoms with E-state index in [2.05, 4.69) is 18.2 Å². The van der Waals surface area contributed by atoms with Crippen LogP contribution in [0, 0.1) is 11.3 Å². The highest BCUT2D eigenvalue weighted by atomic mass is 32.2. The molecule has 1 heterocycles. The van der Waals surface area contributed by atoms with Gasteiger partial charge in [-0.1, -0.05) is 6.42 Å². The highest BCUT2D eigenvalue weighted by Crippen LogP contribution is 2.32. The summed E-state index contributed by atoms with van der Waals surface area (Å²) in [5, 5.41) is 9.46. The molecule has 2 rings (SSSR count). The zero-order valence-electron chi connectivity index (χ0n) is 10.3. The first-order valence-electron chi connectivity index (χ1n) is 5.96. The fraction of sp³-hybridized carbons (Fsp3) is 0.615. The fourth-order valence-electron chi connectivity index (χ4n) is 2.57. The second-order valence-corrected chi connectivity index (χ2v) is 5.64. The Labute approximate surface area is 107 Å². The third-order valence-electron chi connectivity index (χ3n) is 3.46. The molecule has 0 amide bonds. The van der Waals surface area contributed by atoms with Gasteiger partial charge in [0.1, 0.15) is 11.8 Å². The van der Waals surface area contributed by atoms with Crippen molar-refractivity contribution in [2.24, 2.45) is 0 Å². The average molecular weight is 250 g/mol. The van der Waals surface area contributed by atoms with Gasteiger partial charge < -0.3 is 4.42 Å². The van der Waals surface area contributed by atoms with E-state index in [1.165, 1.54) is 19.3 Å². The Morgan fingerprint density at radius 1 is 1.53 bits per heavy atom. The van der Waals surface area contributed by atoms with Crippen LogP contribution in [0.25, 0.3) is 0 Å². The summed E-state index contributed by atoms with van der Waals surface area (Å²) in [5.41, 5.74) is 0. The van der Waals surface area contributed by atoms with Gasteiger partial charge in [-0.05, 0) is 38.3 Å². The molecule has 0 N–H and O–H groups in total. The lowest BCUT2D eigenvalue weighted by atomic mass is 10.2. The van der Waals surface area contributed by atoms with E-state index in [0.29, 0.717) is 11.8 Å². The first kappa shape index (κ1) is 12.5. The van der Waals surface area contributed by atoms with Gasteiger partial charge in [0.15, 0.2) is 0 Å². The molecule has 0 aliphatic heterocycles. The highest BCUT2D eigenvalue weighted by molar-refractivity contribution is 7.99. The quantitative estimate of drug-likeness (QED) is 0.824. The molecule has 0 spiro atoms. The van der Waals surface area contributed by atoms with Gasteiger partial charge in [0, 0.05) is 11.3 Å². The topological polar surface area (TPSA) is 40.2 Å². The number of hydrogen-bond donors (Lipinski definition) is 0. The second-order valence-electron chi connectivity index (χ2n) is 4.57. The van der Waals surface area contributed by atoms with Crippen LogP contribution in [0.15, 0.2) is 16.5 Å². The summed E-state index contributed by atoms with van der Waals surface area (Å²) in [6.45, 7) is 0.795. The van der Waals surface area contributed by atoms with Crippen molar-refractivity contribution in [3.8, 4) is 6.07 Å². The molecular formula is C13H18N2OS. The van der Waals surface area contributed by atoms with Gasteiger partial charge in [-0.2, -0.15) is 17.0 Å². The Kier molecular flexibility index (Phi) is 4.14. The molecule has 3 nitrogen and oxygen atoms in total. The second kappa shape index (κ2) is 5.61. The molecule has 4 heteroatoms. The molecule has 1 aliphatic rings. The first-order valence-corrected chi connectivity index (χ1v) is 7.25. The van der Waals surface area contributed by atoms with Gasteiger partial charge in [0.2, 0.25) is 5.76 Å². The van der Waals surface area contributed by atoms with Crippen LogP contribution in [0.1, 0.15) is 30.8 Å². The predicted octanol–water partition coefficient (Wildman–Crippen LogP) is 2.87. The molecule has 1 aromatic rings. The third kappa shape index (κ3) is 2.85. The van der Waals surface area contributed by atoms with Crippen molar-refractivity contribution >= 4 is 11.8 Å². The fourth-order valence-corrected chi connectivity index (χ4v) is 3.63. The molecule has 0 aromatic carbocycles. The van der Waals surface area contributed by atoms with E-state index >= 15 is 0 Å². The molecule has 0 radical (unpaired) electrons. The van der Waals surface area contributed by atoms with Crippen LogP contribution in [0.3, 0.4) is 0 Å². The van der Waals surface area contributed by atoms with Crippen LogP contribution >= 0.6 is 11.8 Å². The lowest BCUT2D eigenvalue weighted by Gasteiger charge is -2.27. The van der Waals surface area contributed by atoms with E-state index in [1.807, 2.05) is 23.9 Å². The van der Waals surface area contributed by atoms with Crippen LogP contribution in [-0.4, -0.2) is 29.5 Å². The van der Waals surface area contributed by atoms with E-state index < -0.39 is 0 Å². The molecule has 92 valence electrons. The number of hydrogen-bond acceptors (Lipinski definition) is 4. The van der Waals surface area contributed by atoms with Crippen molar-refractivity contribution in [2.45, 2.75) is 37.1 Å². The summed E-state index contributed by atoms with van der Waals surface area (Å²) >= 11 is 1.96. The third-order valence-corrected chi connectivity index (χ3v) is 4.62. The van der Waals surface area contributed by atoms with E-state index in [9.17, 15) is 0 Å². The van der Waals surface area contributed by atoms with Crippen LogP contribution in [-0.2, 0) is 6.54 Å².